The van der Waals surface area contributed by atoms with Crippen LogP contribution in [0.2, 0.25) is 0 Å². The van der Waals surface area contributed by atoms with Gasteiger partial charge in [0, 0.05) is 54.7 Å². The van der Waals surface area contributed by atoms with E-state index in [1.54, 1.807) is 29.1 Å². The fourth-order valence-electron chi connectivity index (χ4n) is 10.3. The summed E-state index contributed by atoms with van der Waals surface area (Å²) in [6.45, 7) is 0.912. The maximum absolute atomic E-state index is 14.3. The Hall–Kier alpha value is -5.62. The first-order valence-electron chi connectivity index (χ1n) is 21.9. The molecule has 2 aliphatic heterocycles. The number of amides is 5. The lowest BCUT2D eigenvalue weighted by molar-refractivity contribution is -0.136. The van der Waals surface area contributed by atoms with Crippen LogP contribution in [0.15, 0.2) is 42.9 Å². The summed E-state index contributed by atoms with van der Waals surface area (Å²) < 4.78 is 31.7. The van der Waals surface area contributed by atoms with Crippen LogP contribution in [0.25, 0.3) is 5.65 Å². The van der Waals surface area contributed by atoms with Crippen molar-refractivity contribution in [3.05, 3.63) is 70.9 Å². The third-order valence-electron chi connectivity index (χ3n) is 13.9. The van der Waals surface area contributed by atoms with E-state index < -0.39 is 47.7 Å². The van der Waals surface area contributed by atoms with Crippen LogP contribution in [0, 0.1) is 5.92 Å². The fourth-order valence-corrected chi connectivity index (χ4v) is 10.3. The van der Waals surface area contributed by atoms with Crippen LogP contribution < -0.4 is 16.0 Å². The zero-order valence-electron chi connectivity index (χ0n) is 34.6. The molecular formula is C44H52F2N10O6. The van der Waals surface area contributed by atoms with Crippen LogP contribution in [0.5, 0.6) is 0 Å². The van der Waals surface area contributed by atoms with E-state index in [0.29, 0.717) is 36.1 Å². The maximum Gasteiger partial charge on any atom is 0.284 e. The van der Waals surface area contributed by atoms with Gasteiger partial charge in [-0.3, -0.25) is 38.9 Å². The van der Waals surface area contributed by atoms with E-state index >= 15 is 0 Å². The molecule has 5 amide bonds. The molecule has 1 atom stereocenters. The van der Waals surface area contributed by atoms with Crippen molar-refractivity contribution >= 4 is 46.6 Å². The zero-order valence-corrected chi connectivity index (χ0v) is 34.6. The van der Waals surface area contributed by atoms with Gasteiger partial charge in [-0.2, -0.15) is 10.2 Å². The van der Waals surface area contributed by atoms with Crippen molar-refractivity contribution in [3.8, 4) is 0 Å². The summed E-state index contributed by atoms with van der Waals surface area (Å²) in [4.78, 5) is 72.8. The normalized spacial score (nSPS) is 26.9. The monoisotopic (exact) mass is 854 g/mol. The number of rotatable bonds is 11. The number of hydrogen-bond donors (Lipinski definition) is 4. The number of carbonyl (C=O) groups is 5. The Morgan fingerprint density at radius 3 is 2.42 bits per heavy atom. The summed E-state index contributed by atoms with van der Waals surface area (Å²) in [5.74, 6) is -2.09. The molecule has 5 heterocycles. The predicted octanol–water partition coefficient (Wildman–Crippen LogP) is 5.62. The number of halogens is 2. The second-order valence-corrected chi connectivity index (χ2v) is 17.8. The molecule has 5 aliphatic rings. The Labute approximate surface area is 356 Å². The molecule has 62 heavy (non-hydrogen) atoms. The fraction of sp³-hybridized carbons (Fsp3) is 0.545. The van der Waals surface area contributed by atoms with Gasteiger partial charge in [-0.25, -0.2) is 18.3 Å². The van der Waals surface area contributed by atoms with Gasteiger partial charge in [-0.1, -0.05) is 6.07 Å². The molecule has 1 saturated heterocycles. The van der Waals surface area contributed by atoms with E-state index in [4.69, 9.17) is 4.98 Å². The van der Waals surface area contributed by atoms with E-state index in [1.807, 2.05) is 6.07 Å². The minimum absolute atomic E-state index is 0.0281. The Balaban J connectivity index is 0.766. The molecular weight excluding hydrogens is 803 g/mol. The molecule has 4 aromatic rings. The van der Waals surface area contributed by atoms with Crippen molar-refractivity contribution in [2.45, 2.75) is 133 Å². The number of aromatic nitrogens is 5. The SMILES string of the molecule is CN(C[C@H]1CC[C@H](n2cc(NC(=O)c3cnn4ccc(C5CCC(O)CC5)nc34)c(C(F)F)n2)CC1)[C@H]1CC[C@H](Nc2cccc3c2C(=O)N(C2CCC(=O)NC2=O)C3=O)CC1. The van der Waals surface area contributed by atoms with Crippen LogP contribution in [-0.2, 0) is 9.59 Å². The molecule has 3 aromatic heterocycles. The average molecular weight is 855 g/mol. The summed E-state index contributed by atoms with van der Waals surface area (Å²) in [5.41, 5.74) is 1.95. The van der Waals surface area contributed by atoms with Gasteiger partial charge >= 0.3 is 0 Å². The number of aliphatic hydroxyl groups is 1. The molecule has 4 N–H and O–H groups in total. The first-order valence-corrected chi connectivity index (χ1v) is 21.9. The molecule has 0 spiro atoms. The van der Waals surface area contributed by atoms with Gasteiger partial charge in [-0.05, 0) is 115 Å². The van der Waals surface area contributed by atoms with Crippen molar-refractivity contribution in [3.63, 3.8) is 0 Å². The highest BCUT2D eigenvalue weighted by atomic mass is 19.3. The second kappa shape index (κ2) is 17.3. The van der Waals surface area contributed by atoms with Crippen molar-refractivity contribution in [1.82, 2.24) is 39.5 Å². The molecule has 9 rings (SSSR count). The highest BCUT2D eigenvalue weighted by molar-refractivity contribution is 6.25. The van der Waals surface area contributed by atoms with E-state index in [0.717, 1.165) is 81.3 Å². The molecule has 18 heteroatoms. The van der Waals surface area contributed by atoms with Gasteiger partial charge in [0.05, 0.1) is 35.2 Å². The highest BCUT2D eigenvalue weighted by Crippen LogP contribution is 2.38. The number of imide groups is 2. The molecule has 0 radical (unpaired) electrons. The number of nitrogens with one attached hydrogen (secondary N) is 3. The summed E-state index contributed by atoms with van der Waals surface area (Å²) in [7, 11) is 2.15. The first-order chi connectivity index (χ1) is 29.9. The Morgan fingerprint density at radius 1 is 0.935 bits per heavy atom. The standard InChI is InChI=1S/C44H52F2N10O6/c1-53(27-13-9-26(10-14-27)48-33-4-2-3-30-37(33)44(62)56(43(30)61)35-17-18-36(58)51-42(35)60)22-24-5-11-28(12-6-24)55-23-34(38(52-55)39(45)46)50-41(59)31-21-47-54-20-19-32(49-40(31)54)25-7-15-29(57)16-8-25/h2-4,19-21,23-29,35,39,48,57H,5-18,22H2,1H3,(H,50,59)(H,51,58,60)/t24-,25?,26-,27-,28-,29?,35?. The number of nitrogens with zero attached hydrogens (tertiary/aromatic N) is 7. The number of benzene rings is 1. The molecule has 16 nitrogen and oxygen atoms in total. The average Bonchev–Trinajstić information content (AvgIpc) is 3.96. The van der Waals surface area contributed by atoms with Crippen molar-refractivity contribution in [1.29, 1.82) is 0 Å². The van der Waals surface area contributed by atoms with E-state index in [9.17, 15) is 37.9 Å². The van der Waals surface area contributed by atoms with Crippen LogP contribution >= 0.6 is 0 Å². The maximum atomic E-state index is 14.3. The molecule has 3 saturated carbocycles. The van der Waals surface area contributed by atoms with Crippen LogP contribution in [0.4, 0.5) is 20.2 Å². The van der Waals surface area contributed by atoms with E-state index in [1.165, 1.54) is 16.9 Å². The predicted molar refractivity (Wildman–Crippen MR) is 222 cm³/mol. The summed E-state index contributed by atoms with van der Waals surface area (Å²) in [5, 5.41) is 26.9. The number of anilines is 2. The largest absolute Gasteiger partial charge is 0.393 e. The molecule has 3 aliphatic carbocycles. The lowest BCUT2D eigenvalue weighted by Crippen LogP contribution is -2.54. The van der Waals surface area contributed by atoms with Gasteiger partial charge in [0.1, 0.15) is 11.6 Å². The minimum atomic E-state index is -2.88. The highest BCUT2D eigenvalue weighted by Gasteiger charge is 2.46. The number of carbonyl (C=O) groups excluding carboxylic acids is 5. The third-order valence-corrected chi connectivity index (χ3v) is 13.9. The zero-order chi connectivity index (χ0) is 43.2. The van der Waals surface area contributed by atoms with E-state index in [2.05, 4.69) is 38.1 Å². The third kappa shape index (κ3) is 8.21. The molecule has 1 aromatic carbocycles. The van der Waals surface area contributed by atoms with Crippen LogP contribution in [0.3, 0.4) is 0 Å². The summed E-state index contributed by atoms with van der Waals surface area (Å²) in [6, 6.07) is 6.39. The summed E-state index contributed by atoms with van der Waals surface area (Å²) >= 11 is 0. The second-order valence-electron chi connectivity index (χ2n) is 17.8. The van der Waals surface area contributed by atoms with Crippen LogP contribution in [0.1, 0.15) is 151 Å². The Morgan fingerprint density at radius 2 is 1.69 bits per heavy atom. The lowest BCUT2D eigenvalue weighted by Gasteiger charge is -2.38. The van der Waals surface area contributed by atoms with Gasteiger partial charge in [-0.15, -0.1) is 0 Å². The van der Waals surface area contributed by atoms with Gasteiger partial charge in [0.15, 0.2) is 11.3 Å². The van der Waals surface area contributed by atoms with Crippen molar-refractivity contribution in [2.75, 3.05) is 24.2 Å². The first kappa shape index (κ1) is 41.7. The molecule has 328 valence electrons. The quantitative estimate of drug-likeness (QED) is 0.137. The van der Waals surface area contributed by atoms with E-state index in [-0.39, 0.29) is 59.3 Å². The number of piperidine rings is 1. The molecule has 0 bridgehead atoms. The summed E-state index contributed by atoms with van der Waals surface area (Å²) in [6.07, 6.45) is 11.6. The van der Waals surface area contributed by atoms with Crippen molar-refractivity contribution < 1.29 is 37.9 Å². The lowest BCUT2D eigenvalue weighted by atomic mass is 9.84. The van der Waals surface area contributed by atoms with Crippen LogP contribution in [-0.4, -0.2) is 107 Å². The Bertz CT molecular complexity index is 2380. The number of alkyl halides is 2. The van der Waals surface area contributed by atoms with Crippen molar-refractivity contribution in [2.24, 2.45) is 5.92 Å². The van der Waals surface area contributed by atoms with Gasteiger partial charge in [0.2, 0.25) is 11.8 Å². The topological polar surface area (TPSA) is 196 Å². The molecule has 1 unspecified atom stereocenters. The van der Waals surface area contributed by atoms with Gasteiger partial charge < -0.3 is 20.6 Å². The minimum Gasteiger partial charge on any atom is -0.393 e. The smallest absolute Gasteiger partial charge is 0.284 e. The van der Waals surface area contributed by atoms with Gasteiger partial charge in [0.25, 0.3) is 24.1 Å². The Kier molecular flexibility index (Phi) is 11.6. The number of fused-ring (bicyclic) bond motifs is 2. The molecule has 4 fully saturated rings. The number of aliphatic hydroxyl groups excluding tert-OH is 1. The number of hydrogen-bond acceptors (Lipinski definition) is 11.